The van der Waals surface area contributed by atoms with Gasteiger partial charge < -0.3 is 4.90 Å². The molecule has 80 valence electrons. The number of amides is 1. The summed E-state index contributed by atoms with van der Waals surface area (Å²) in [6, 6.07) is 0. The van der Waals surface area contributed by atoms with Crippen molar-refractivity contribution < 1.29 is 4.79 Å². The molecule has 1 amide bonds. The molecule has 14 heavy (non-hydrogen) atoms. The number of carbonyl (C=O) groups excluding carboxylic acids is 1. The van der Waals surface area contributed by atoms with Crippen LogP contribution in [-0.4, -0.2) is 23.9 Å². The molecule has 2 saturated carbocycles. The largest absolute Gasteiger partial charge is 0.342 e. The van der Waals surface area contributed by atoms with Crippen LogP contribution in [-0.2, 0) is 4.79 Å². The van der Waals surface area contributed by atoms with Gasteiger partial charge in [-0.05, 0) is 37.5 Å². The fourth-order valence-corrected chi connectivity index (χ4v) is 1.84. The number of hydrogen-bond acceptors (Lipinski definition) is 1. The van der Waals surface area contributed by atoms with Gasteiger partial charge in [0.1, 0.15) is 0 Å². The summed E-state index contributed by atoms with van der Waals surface area (Å²) in [4.78, 5) is 14.0. The van der Waals surface area contributed by atoms with E-state index in [0.717, 1.165) is 24.9 Å². The second-order valence-electron chi connectivity index (χ2n) is 5.28. The Kier molecular flexibility index (Phi) is 2.80. The molecule has 0 heterocycles. The third-order valence-electron chi connectivity index (χ3n) is 3.16. The minimum atomic E-state index is 0.174. The fraction of sp³-hybridized carbons (Fsp3) is 0.917. The standard InChI is InChI=1S/C12H21NO/c1-9(2)12(14)13(7-10-3-4-10)8-11-5-6-11/h9-11H,3-8H2,1-2H3. The maximum atomic E-state index is 11.9. The van der Waals surface area contributed by atoms with Crippen molar-refractivity contribution in [1.29, 1.82) is 0 Å². The summed E-state index contributed by atoms with van der Waals surface area (Å²) in [6.07, 6.45) is 5.36. The van der Waals surface area contributed by atoms with Gasteiger partial charge in [-0.3, -0.25) is 4.79 Å². The normalized spacial score (nSPS) is 21.4. The van der Waals surface area contributed by atoms with E-state index in [1.54, 1.807) is 0 Å². The number of nitrogens with zero attached hydrogens (tertiary/aromatic N) is 1. The molecule has 0 aromatic rings. The monoisotopic (exact) mass is 195 g/mol. The van der Waals surface area contributed by atoms with Gasteiger partial charge in [-0.1, -0.05) is 13.8 Å². The van der Waals surface area contributed by atoms with Crippen molar-refractivity contribution >= 4 is 5.91 Å². The van der Waals surface area contributed by atoms with E-state index in [-0.39, 0.29) is 5.92 Å². The first-order valence-electron chi connectivity index (χ1n) is 5.95. The van der Waals surface area contributed by atoms with E-state index in [1.165, 1.54) is 25.7 Å². The summed E-state index contributed by atoms with van der Waals surface area (Å²) in [5, 5.41) is 0. The molecule has 0 bridgehead atoms. The molecule has 2 heteroatoms. The van der Waals surface area contributed by atoms with Crippen LogP contribution in [0.4, 0.5) is 0 Å². The second-order valence-corrected chi connectivity index (χ2v) is 5.28. The van der Waals surface area contributed by atoms with E-state index >= 15 is 0 Å². The molecule has 0 spiro atoms. The van der Waals surface area contributed by atoms with E-state index in [1.807, 2.05) is 13.8 Å². The van der Waals surface area contributed by atoms with Crippen molar-refractivity contribution in [3.63, 3.8) is 0 Å². The molecule has 0 unspecified atom stereocenters. The highest BCUT2D eigenvalue weighted by Crippen LogP contribution is 2.34. The van der Waals surface area contributed by atoms with Gasteiger partial charge >= 0.3 is 0 Å². The van der Waals surface area contributed by atoms with Crippen molar-refractivity contribution in [3.05, 3.63) is 0 Å². The van der Waals surface area contributed by atoms with Gasteiger partial charge in [0.05, 0.1) is 0 Å². The maximum absolute atomic E-state index is 11.9. The lowest BCUT2D eigenvalue weighted by Crippen LogP contribution is -2.37. The number of carbonyl (C=O) groups is 1. The number of rotatable bonds is 5. The first kappa shape index (κ1) is 10.0. The lowest BCUT2D eigenvalue weighted by atomic mass is 10.1. The minimum absolute atomic E-state index is 0.174. The molecule has 0 aliphatic heterocycles. The van der Waals surface area contributed by atoms with Gasteiger partial charge in [-0.15, -0.1) is 0 Å². The second kappa shape index (κ2) is 3.92. The third-order valence-corrected chi connectivity index (χ3v) is 3.16. The van der Waals surface area contributed by atoms with Gasteiger partial charge in [0.15, 0.2) is 0 Å². The van der Waals surface area contributed by atoms with Crippen LogP contribution < -0.4 is 0 Å². The van der Waals surface area contributed by atoms with E-state index in [4.69, 9.17) is 0 Å². The molecular formula is C12H21NO. The predicted molar refractivity (Wildman–Crippen MR) is 56.9 cm³/mol. The van der Waals surface area contributed by atoms with E-state index in [0.29, 0.717) is 5.91 Å². The lowest BCUT2D eigenvalue weighted by Gasteiger charge is -2.24. The Morgan fingerprint density at radius 1 is 1.14 bits per heavy atom. The minimum Gasteiger partial charge on any atom is -0.342 e. The molecule has 0 radical (unpaired) electrons. The highest BCUT2D eigenvalue weighted by molar-refractivity contribution is 5.78. The zero-order valence-corrected chi connectivity index (χ0v) is 9.33. The summed E-state index contributed by atoms with van der Waals surface area (Å²) in [7, 11) is 0. The molecule has 2 rings (SSSR count). The smallest absolute Gasteiger partial charge is 0.225 e. The first-order chi connectivity index (χ1) is 6.66. The van der Waals surface area contributed by atoms with Crippen LogP contribution >= 0.6 is 0 Å². The average Bonchev–Trinajstić information content (AvgIpc) is 2.94. The van der Waals surface area contributed by atoms with Crippen LogP contribution in [0.25, 0.3) is 0 Å². The van der Waals surface area contributed by atoms with Crippen LogP contribution in [0.3, 0.4) is 0 Å². The molecule has 0 N–H and O–H groups in total. The highest BCUT2D eigenvalue weighted by atomic mass is 16.2. The van der Waals surface area contributed by atoms with E-state index in [9.17, 15) is 4.79 Å². The van der Waals surface area contributed by atoms with Gasteiger partial charge in [-0.25, -0.2) is 0 Å². The fourth-order valence-electron chi connectivity index (χ4n) is 1.84. The summed E-state index contributed by atoms with van der Waals surface area (Å²) in [5.74, 6) is 2.20. The molecular weight excluding hydrogens is 174 g/mol. The van der Waals surface area contributed by atoms with Crippen LogP contribution in [0.15, 0.2) is 0 Å². The highest BCUT2D eigenvalue weighted by Gasteiger charge is 2.31. The molecule has 2 fully saturated rings. The predicted octanol–water partition coefficient (Wildman–Crippen LogP) is 2.29. The lowest BCUT2D eigenvalue weighted by molar-refractivity contribution is -0.135. The van der Waals surface area contributed by atoms with Gasteiger partial charge in [0.2, 0.25) is 5.91 Å². The van der Waals surface area contributed by atoms with Crippen LogP contribution in [0, 0.1) is 17.8 Å². The van der Waals surface area contributed by atoms with Crippen LogP contribution in [0.5, 0.6) is 0 Å². The van der Waals surface area contributed by atoms with Crippen LogP contribution in [0.1, 0.15) is 39.5 Å². The van der Waals surface area contributed by atoms with Crippen molar-refractivity contribution in [3.8, 4) is 0 Å². The van der Waals surface area contributed by atoms with Gasteiger partial charge in [-0.2, -0.15) is 0 Å². The zero-order valence-electron chi connectivity index (χ0n) is 9.33. The van der Waals surface area contributed by atoms with E-state index in [2.05, 4.69) is 4.90 Å². The maximum Gasteiger partial charge on any atom is 0.225 e. The summed E-state index contributed by atoms with van der Waals surface area (Å²) >= 11 is 0. The van der Waals surface area contributed by atoms with Crippen molar-refractivity contribution in [2.45, 2.75) is 39.5 Å². The molecule has 2 aliphatic rings. The Bertz CT molecular complexity index is 202. The first-order valence-corrected chi connectivity index (χ1v) is 5.95. The molecule has 0 aromatic heterocycles. The van der Waals surface area contributed by atoms with Crippen molar-refractivity contribution in [2.24, 2.45) is 17.8 Å². The van der Waals surface area contributed by atoms with E-state index < -0.39 is 0 Å². The van der Waals surface area contributed by atoms with Gasteiger partial charge in [0.25, 0.3) is 0 Å². The zero-order chi connectivity index (χ0) is 10.1. The Hall–Kier alpha value is -0.530. The Morgan fingerprint density at radius 2 is 1.57 bits per heavy atom. The average molecular weight is 195 g/mol. The van der Waals surface area contributed by atoms with Crippen molar-refractivity contribution in [1.82, 2.24) is 4.90 Å². The Balaban J connectivity index is 1.85. The summed E-state index contributed by atoms with van der Waals surface area (Å²) in [5.41, 5.74) is 0. The third kappa shape index (κ3) is 2.73. The Morgan fingerprint density at radius 3 is 1.86 bits per heavy atom. The topological polar surface area (TPSA) is 20.3 Å². The quantitative estimate of drug-likeness (QED) is 0.659. The number of hydrogen-bond donors (Lipinski definition) is 0. The summed E-state index contributed by atoms with van der Waals surface area (Å²) < 4.78 is 0. The molecule has 0 atom stereocenters. The summed E-state index contributed by atoms with van der Waals surface area (Å²) in [6.45, 7) is 6.09. The molecule has 0 aromatic carbocycles. The molecule has 2 aliphatic carbocycles. The van der Waals surface area contributed by atoms with Crippen molar-refractivity contribution in [2.75, 3.05) is 13.1 Å². The Labute approximate surface area is 86.7 Å². The molecule has 0 saturated heterocycles. The van der Waals surface area contributed by atoms with Gasteiger partial charge in [0, 0.05) is 19.0 Å². The molecule has 2 nitrogen and oxygen atoms in total. The SMILES string of the molecule is CC(C)C(=O)N(CC1CC1)CC1CC1. The van der Waals surface area contributed by atoms with Crippen LogP contribution in [0.2, 0.25) is 0 Å².